The molecule has 212 valence electrons. The number of fused-ring (bicyclic) bond motifs is 5. The second-order valence-corrected chi connectivity index (χ2v) is 12.7. The summed E-state index contributed by atoms with van der Waals surface area (Å²) in [5, 5.41) is 13.5. The Kier molecular flexibility index (Phi) is 5.80. The highest BCUT2D eigenvalue weighted by Gasteiger charge is 2.38. The molecule has 4 aliphatic heterocycles. The summed E-state index contributed by atoms with van der Waals surface area (Å²) in [4.78, 5) is 13.1. The van der Waals surface area contributed by atoms with E-state index in [1.165, 1.54) is 29.1 Å². The van der Waals surface area contributed by atoms with Crippen molar-refractivity contribution < 1.29 is 4.74 Å². The maximum Gasteiger partial charge on any atom is 0.173 e. The van der Waals surface area contributed by atoms with Crippen LogP contribution in [0.25, 0.3) is 34.7 Å². The Morgan fingerprint density at radius 3 is 2.95 bits per heavy atom. The van der Waals surface area contributed by atoms with Crippen molar-refractivity contribution in [3.63, 3.8) is 0 Å². The summed E-state index contributed by atoms with van der Waals surface area (Å²) in [6.07, 6.45) is 15.6. The van der Waals surface area contributed by atoms with E-state index in [2.05, 4.69) is 94.8 Å². The third kappa shape index (κ3) is 4.18. The van der Waals surface area contributed by atoms with Crippen molar-refractivity contribution in [1.29, 1.82) is 0 Å². The Bertz CT molecular complexity index is 1690. The molecule has 41 heavy (non-hydrogen) atoms. The zero-order chi connectivity index (χ0) is 27.7. The Morgan fingerprint density at radius 1 is 1.17 bits per heavy atom. The molecule has 1 saturated heterocycles. The lowest BCUT2D eigenvalue weighted by atomic mass is 9.77. The lowest BCUT2D eigenvalue weighted by Crippen LogP contribution is -2.50. The number of benzene rings is 1. The molecule has 8 nitrogen and oxygen atoms in total. The van der Waals surface area contributed by atoms with Crippen LogP contribution in [0.2, 0.25) is 0 Å². The topological polar surface area (TPSA) is 91.3 Å². The van der Waals surface area contributed by atoms with Crippen LogP contribution in [-0.2, 0) is 0 Å². The van der Waals surface area contributed by atoms with Gasteiger partial charge in [-0.15, -0.1) is 0 Å². The van der Waals surface area contributed by atoms with E-state index in [0.29, 0.717) is 18.1 Å². The van der Waals surface area contributed by atoms with E-state index in [1.807, 2.05) is 6.20 Å². The number of aliphatic imine (C=N–C) groups is 1. The van der Waals surface area contributed by atoms with E-state index in [9.17, 15) is 0 Å². The fourth-order valence-corrected chi connectivity index (χ4v) is 7.32. The van der Waals surface area contributed by atoms with Crippen LogP contribution in [0.5, 0.6) is 5.75 Å². The molecule has 0 spiro atoms. The highest BCUT2D eigenvalue weighted by atomic mass is 16.5. The molecule has 6 heterocycles. The van der Waals surface area contributed by atoms with E-state index in [4.69, 9.17) is 14.7 Å². The van der Waals surface area contributed by atoms with E-state index in [1.54, 1.807) is 0 Å². The van der Waals surface area contributed by atoms with Gasteiger partial charge in [0.1, 0.15) is 17.4 Å². The van der Waals surface area contributed by atoms with Crippen molar-refractivity contribution in [2.45, 2.75) is 76.8 Å². The van der Waals surface area contributed by atoms with Gasteiger partial charge in [-0.1, -0.05) is 37.3 Å². The molecule has 8 heteroatoms. The molecule has 0 radical (unpaired) electrons. The van der Waals surface area contributed by atoms with Crippen LogP contribution < -0.4 is 31.3 Å². The van der Waals surface area contributed by atoms with Gasteiger partial charge in [0.2, 0.25) is 0 Å². The Labute approximate surface area is 240 Å². The third-order valence-corrected chi connectivity index (χ3v) is 9.68. The minimum absolute atomic E-state index is 0.00361. The van der Waals surface area contributed by atoms with Crippen molar-refractivity contribution in [3.05, 3.63) is 59.0 Å². The molecule has 2 aromatic heterocycles. The largest absolute Gasteiger partial charge is 0.470 e. The molecule has 1 aliphatic carbocycles. The number of amidine groups is 1. The molecule has 1 fully saturated rings. The molecule has 6 atom stereocenters. The average molecular weight is 550 g/mol. The second kappa shape index (κ2) is 9.46. The first kappa shape index (κ1) is 25.1. The first-order valence-corrected chi connectivity index (χ1v) is 15.2. The van der Waals surface area contributed by atoms with Crippen LogP contribution in [0.15, 0.2) is 47.6 Å². The van der Waals surface area contributed by atoms with Crippen LogP contribution >= 0.6 is 0 Å². The van der Waals surface area contributed by atoms with Gasteiger partial charge in [0.05, 0.1) is 42.3 Å². The lowest BCUT2D eigenvalue weighted by molar-refractivity contribution is 0.144. The van der Waals surface area contributed by atoms with Crippen molar-refractivity contribution in [2.24, 2.45) is 10.4 Å². The number of H-pyrrole nitrogens is 1. The summed E-state index contributed by atoms with van der Waals surface area (Å²) >= 11 is 0. The normalized spacial score (nSPS) is 31.7. The zero-order valence-electron chi connectivity index (χ0n) is 24.1. The molecular formula is C33H39N7O. The predicted octanol–water partition coefficient (Wildman–Crippen LogP) is 3.53. The molecule has 0 saturated carbocycles. The standard InChI is InChI=1S/C33H39N7O/c1-19-6-4-7-25(37-19)32-35-17-26(38-32)21-9-10-23-28-14-22-16-33(3,30-18-36-31(39-30)24-8-5-13-34-24)12-11-27(22)40(28)20(2)41-29(23)15-21/h4,7,9-11,14-17,19-20,24-25,30,34,37H,5-6,8,12-13,18H2,1-3H3,(H,35,38)(H,36,39)/t19?,20?,24-,25-,30?,33?/m0/s1. The van der Waals surface area contributed by atoms with Gasteiger partial charge in [-0.25, -0.2) is 4.98 Å². The highest BCUT2D eigenvalue weighted by molar-refractivity contribution is 5.89. The summed E-state index contributed by atoms with van der Waals surface area (Å²) in [7, 11) is 0. The Hall–Kier alpha value is -3.62. The van der Waals surface area contributed by atoms with Gasteiger partial charge in [-0.05, 0) is 69.5 Å². The van der Waals surface area contributed by atoms with Gasteiger partial charge in [-0.2, -0.15) is 0 Å². The van der Waals surface area contributed by atoms with Crippen molar-refractivity contribution in [1.82, 2.24) is 30.5 Å². The van der Waals surface area contributed by atoms with Gasteiger partial charge in [0.25, 0.3) is 0 Å². The number of hydrogen-bond acceptors (Lipinski definition) is 6. The SMILES string of the molecule is CC1CC=C[C@@H](c2ncc(-c3ccc4c(c3)OC(C)n3c-4cc4c3=CCC(C)(C3CN=C([C@@H]5CCCN5)N3)C=4)[nH]2)N1. The minimum Gasteiger partial charge on any atom is -0.470 e. The number of nitrogens with one attached hydrogen (secondary N) is 4. The van der Waals surface area contributed by atoms with Crippen LogP contribution in [0.4, 0.5) is 0 Å². The molecule has 0 amide bonds. The number of rotatable bonds is 4. The number of imidazole rings is 1. The summed E-state index contributed by atoms with van der Waals surface area (Å²) in [5.41, 5.74) is 4.44. The van der Waals surface area contributed by atoms with Gasteiger partial charge in [-0.3, -0.25) is 4.99 Å². The molecule has 3 aromatic rings. The van der Waals surface area contributed by atoms with Crippen molar-refractivity contribution in [2.75, 3.05) is 13.1 Å². The monoisotopic (exact) mass is 549 g/mol. The maximum atomic E-state index is 6.54. The number of hydrogen-bond donors (Lipinski definition) is 4. The number of aromatic amines is 1. The Morgan fingerprint density at radius 2 is 2.10 bits per heavy atom. The van der Waals surface area contributed by atoms with Gasteiger partial charge >= 0.3 is 0 Å². The predicted molar refractivity (Wildman–Crippen MR) is 163 cm³/mol. The maximum absolute atomic E-state index is 6.54. The van der Waals surface area contributed by atoms with E-state index in [-0.39, 0.29) is 17.7 Å². The summed E-state index contributed by atoms with van der Waals surface area (Å²) in [6.45, 7) is 8.65. The number of nitrogens with zero attached hydrogens (tertiary/aromatic N) is 3. The second-order valence-electron chi connectivity index (χ2n) is 12.7. The number of aromatic nitrogens is 3. The summed E-state index contributed by atoms with van der Waals surface area (Å²) < 4.78 is 8.90. The summed E-state index contributed by atoms with van der Waals surface area (Å²) in [5.74, 6) is 3.01. The molecule has 4 unspecified atom stereocenters. The first-order chi connectivity index (χ1) is 19.9. The van der Waals surface area contributed by atoms with E-state index < -0.39 is 0 Å². The minimum atomic E-state index is -0.0890. The molecule has 1 aromatic carbocycles. The van der Waals surface area contributed by atoms with E-state index >= 15 is 0 Å². The van der Waals surface area contributed by atoms with Gasteiger partial charge < -0.3 is 30.2 Å². The number of ether oxygens (including phenoxy) is 1. The molecule has 0 bridgehead atoms. The van der Waals surface area contributed by atoms with Crippen molar-refractivity contribution in [3.8, 4) is 28.3 Å². The molecular weight excluding hydrogens is 510 g/mol. The van der Waals surface area contributed by atoms with Crippen LogP contribution in [-0.4, -0.2) is 51.6 Å². The quantitative estimate of drug-likeness (QED) is 0.374. The smallest absolute Gasteiger partial charge is 0.173 e. The Balaban J connectivity index is 1.09. The molecule has 4 N–H and O–H groups in total. The van der Waals surface area contributed by atoms with Crippen LogP contribution in [0, 0.1) is 5.41 Å². The van der Waals surface area contributed by atoms with Crippen LogP contribution in [0.1, 0.15) is 64.5 Å². The fourth-order valence-electron chi connectivity index (χ4n) is 7.32. The van der Waals surface area contributed by atoms with E-state index in [0.717, 1.165) is 60.2 Å². The van der Waals surface area contributed by atoms with Gasteiger partial charge in [0, 0.05) is 27.9 Å². The molecule has 5 aliphatic rings. The lowest BCUT2D eigenvalue weighted by Gasteiger charge is -2.34. The van der Waals surface area contributed by atoms with Gasteiger partial charge in [0.15, 0.2) is 6.23 Å². The first-order valence-electron chi connectivity index (χ1n) is 15.2. The van der Waals surface area contributed by atoms with Crippen LogP contribution in [0.3, 0.4) is 0 Å². The average Bonchev–Trinajstić information content (AvgIpc) is 3.78. The third-order valence-electron chi connectivity index (χ3n) is 9.68. The zero-order valence-corrected chi connectivity index (χ0v) is 24.1. The van der Waals surface area contributed by atoms with Crippen molar-refractivity contribution >= 4 is 18.0 Å². The molecule has 8 rings (SSSR count). The highest BCUT2D eigenvalue weighted by Crippen LogP contribution is 2.40. The fraction of sp³-hybridized carbons (Fsp3) is 0.455. The summed E-state index contributed by atoms with van der Waals surface area (Å²) in [6, 6.07) is 10.1.